The second kappa shape index (κ2) is 13.1. The smallest absolute Gasteiger partial charge is 0.302 e. The quantitative estimate of drug-likeness (QED) is 0.258. The van der Waals surface area contributed by atoms with Gasteiger partial charge in [-0.2, -0.15) is 0 Å². The van der Waals surface area contributed by atoms with Gasteiger partial charge >= 0.3 is 5.97 Å². The van der Waals surface area contributed by atoms with Crippen LogP contribution < -0.4 is 11.0 Å². The van der Waals surface area contributed by atoms with Crippen molar-refractivity contribution in [2.75, 3.05) is 19.5 Å². The van der Waals surface area contributed by atoms with Crippen molar-refractivity contribution in [3.63, 3.8) is 0 Å². The normalized spacial score (nSPS) is 17.0. The van der Waals surface area contributed by atoms with Crippen LogP contribution >= 0.6 is 0 Å². The maximum atomic E-state index is 15.2. The number of aromatic nitrogens is 2. The lowest BCUT2D eigenvalue weighted by atomic mass is 10.0. The molecule has 1 unspecified atom stereocenters. The summed E-state index contributed by atoms with van der Waals surface area (Å²) in [5, 5.41) is 0.0139. The molecule has 1 N–H and O–H groups in total. The van der Waals surface area contributed by atoms with Gasteiger partial charge in [0.1, 0.15) is 5.82 Å². The Morgan fingerprint density at radius 3 is 2.60 bits per heavy atom. The highest BCUT2D eigenvalue weighted by molar-refractivity contribution is 7.92. The minimum Gasteiger partial charge on any atom is -0.466 e. The standard InChI is InChI=1S/C29H34FN3O8S/c1-19(34)39-15-11-20-7-9-21(10-8-20)22-17-25-23(16-24(22)30)27(35)33(18-31-25)13-12-29(2,42(3,37)38)28(36)32-41-26-6-4-5-14-40-26/h7-10,16-18,26H,4-6,11-15H2,1-3H3,(H,32,36)/t26?,29-/m1/s1. The topological polar surface area (TPSA) is 143 Å². The molecule has 13 heteroatoms. The van der Waals surface area contributed by atoms with Crippen molar-refractivity contribution >= 4 is 32.6 Å². The Balaban J connectivity index is 1.51. The van der Waals surface area contributed by atoms with Gasteiger partial charge in [-0.05, 0) is 49.4 Å². The SMILES string of the molecule is CC(=O)OCCc1ccc(-c2cc3ncn(CC[C@](C)(C(=O)NOC4CCCCO4)S(C)(=O)=O)c(=O)c3cc2F)cc1. The Hall–Kier alpha value is -3.68. The van der Waals surface area contributed by atoms with Gasteiger partial charge in [-0.15, -0.1) is 0 Å². The first-order valence-corrected chi connectivity index (χ1v) is 15.5. The molecular weight excluding hydrogens is 569 g/mol. The maximum Gasteiger partial charge on any atom is 0.302 e. The van der Waals surface area contributed by atoms with E-state index in [9.17, 15) is 22.8 Å². The Bertz CT molecular complexity index is 1620. The lowest BCUT2D eigenvalue weighted by Gasteiger charge is -2.28. The Labute approximate surface area is 242 Å². The molecule has 3 aromatic rings. The highest BCUT2D eigenvalue weighted by Crippen LogP contribution is 2.27. The molecule has 2 heterocycles. The number of benzene rings is 2. The molecule has 0 saturated carbocycles. The van der Waals surface area contributed by atoms with E-state index in [0.717, 1.165) is 35.3 Å². The molecule has 0 aliphatic carbocycles. The van der Waals surface area contributed by atoms with Gasteiger partial charge in [-0.25, -0.2) is 28.1 Å². The molecule has 0 bridgehead atoms. The molecule has 42 heavy (non-hydrogen) atoms. The molecule has 1 aliphatic rings. The van der Waals surface area contributed by atoms with Crippen molar-refractivity contribution in [2.24, 2.45) is 0 Å². The van der Waals surface area contributed by atoms with Crippen molar-refractivity contribution in [2.45, 2.75) is 63.5 Å². The van der Waals surface area contributed by atoms with E-state index >= 15 is 4.39 Å². The summed E-state index contributed by atoms with van der Waals surface area (Å²) in [6.45, 7) is 3.15. The van der Waals surface area contributed by atoms with Gasteiger partial charge in [-0.3, -0.25) is 19.0 Å². The number of carbonyl (C=O) groups excluding carboxylic acids is 2. The Kier molecular flexibility index (Phi) is 9.74. The number of sulfone groups is 1. The van der Waals surface area contributed by atoms with Gasteiger partial charge in [0.15, 0.2) is 20.9 Å². The van der Waals surface area contributed by atoms with Gasteiger partial charge in [-0.1, -0.05) is 24.3 Å². The predicted octanol–water partition coefficient (Wildman–Crippen LogP) is 3.08. The third-order valence-electron chi connectivity index (χ3n) is 7.42. The number of aryl methyl sites for hydroxylation is 1. The van der Waals surface area contributed by atoms with Crippen LogP contribution in [-0.2, 0) is 46.7 Å². The third-order valence-corrected chi connectivity index (χ3v) is 9.45. The zero-order chi connectivity index (χ0) is 30.5. The molecule has 1 aliphatic heterocycles. The van der Waals surface area contributed by atoms with Gasteiger partial charge in [0.05, 0.1) is 23.8 Å². The van der Waals surface area contributed by atoms with Crippen molar-refractivity contribution in [1.82, 2.24) is 15.0 Å². The first-order chi connectivity index (χ1) is 19.9. The number of fused-ring (bicyclic) bond motifs is 1. The minimum atomic E-state index is -3.95. The molecule has 4 rings (SSSR count). The highest BCUT2D eigenvalue weighted by Gasteiger charge is 2.44. The molecular formula is C29H34FN3O8S. The number of halogens is 1. The number of esters is 1. The highest BCUT2D eigenvalue weighted by atomic mass is 32.2. The van der Waals surface area contributed by atoms with Crippen LogP contribution in [0.25, 0.3) is 22.0 Å². The zero-order valence-electron chi connectivity index (χ0n) is 23.7. The molecule has 2 aromatic carbocycles. The van der Waals surface area contributed by atoms with E-state index in [1.807, 2.05) is 0 Å². The molecule has 0 radical (unpaired) electrons. The molecule has 1 fully saturated rings. The Morgan fingerprint density at radius 1 is 1.21 bits per heavy atom. The lowest BCUT2D eigenvalue weighted by molar-refractivity contribution is -0.201. The summed E-state index contributed by atoms with van der Waals surface area (Å²) in [6, 6.07) is 9.65. The number of ether oxygens (including phenoxy) is 2. The van der Waals surface area contributed by atoms with Crippen LogP contribution in [0.3, 0.4) is 0 Å². The fourth-order valence-electron chi connectivity index (χ4n) is 4.56. The summed E-state index contributed by atoms with van der Waals surface area (Å²) in [5.74, 6) is -1.87. The maximum absolute atomic E-state index is 15.2. The number of carbonyl (C=O) groups is 2. The summed E-state index contributed by atoms with van der Waals surface area (Å²) in [6.07, 6.45) is 4.08. The summed E-state index contributed by atoms with van der Waals surface area (Å²) < 4.78 is 50.1. The molecule has 1 aromatic heterocycles. The number of nitrogens with one attached hydrogen (secondary N) is 1. The lowest BCUT2D eigenvalue weighted by Crippen LogP contribution is -2.51. The van der Waals surface area contributed by atoms with Gasteiger partial charge in [0, 0.05) is 44.7 Å². The monoisotopic (exact) mass is 603 g/mol. The van der Waals surface area contributed by atoms with Crippen molar-refractivity contribution < 1.29 is 36.7 Å². The van der Waals surface area contributed by atoms with Gasteiger partial charge in [0.2, 0.25) is 0 Å². The summed E-state index contributed by atoms with van der Waals surface area (Å²) in [7, 11) is -3.95. The van der Waals surface area contributed by atoms with Crippen molar-refractivity contribution in [3.05, 3.63) is 64.5 Å². The van der Waals surface area contributed by atoms with E-state index in [-0.39, 0.29) is 42.0 Å². The number of amides is 1. The molecule has 1 saturated heterocycles. The first kappa shape index (κ1) is 31.3. The van der Waals surface area contributed by atoms with Gasteiger partial charge < -0.3 is 9.47 Å². The van der Waals surface area contributed by atoms with Crippen LogP contribution in [0.5, 0.6) is 0 Å². The number of hydrogen-bond donors (Lipinski definition) is 1. The van der Waals surface area contributed by atoms with E-state index in [1.165, 1.54) is 26.2 Å². The number of hydroxylamine groups is 1. The zero-order valence-corrected chi connectivity index (χ0v) is 24.5. The van der Waals surface area contributed by atoms with E-state index in [4.69, 9.17) is 14.3 Å². The largest absolute Gasteiger partial charge is 0.466 e. The number of hydrogen-bond acceptors (Lipinski definition) is 9. The first-order valence-electron chi connectivity index (χ1n) is 13.6. The average Bonchev–Trinajstić information content (AvgIpc) is 2.95. The Morgan fingerprint density at radius 2 is 1.95 bits per heavy atom. The van der Waals surface area contributed by atoms with Gasteiger partial charge in [0.25, 0.3) is 11.5 Å². The summed E-state index contributed by atoms with van der Waals surface area (Å²) >= 11 is 0. The van der Waals surface area contributed by atoms with Crippen molar-refractivity contribution in [3.8, 4) is 11.1 Å². The number of nitrogens with zero attached hydrogens (tertiary/aromatic N) is 2. The van der Waals surface area contributed by atoms with Crippen LogP contribution in [0.4, 0.5) is 4.39 Å². The minimum absolute atomic E-state index is 0.0139. The molecule has 2 atom stereocenters. The summed E-state index contributed by atoms with van der Waals surface area (Å²) in [5.41, 5.74) is 3.63. The third kappa shape index (κ3) is 7.20. The van der Waals surface area contributed by atoms with Crippen LogP contribution in [0.15, 0.2) is 47.5 Å². The molecule has 226 valence electrons. The van der Waals surface area contributed by atoms with Crippen molar-refractivity contribution in [1.29, 1.82) is 0 Å². The van der Waals surface area contributed by atoms with E-state index < -0.39 is 38.2 Å². The average molecular weight is 604 g/mol. The second-order valence-electron chi connectivity index (χ2n) is 10.5. The van der Waals surface area contributed by atoms with E-state index in [0.29, 0.717) is 25.0 Å². The fraction of sp³-hybridized carbons (Fsp3) is 0.448. The fourth-order valence-corrected chi connectivity index (χ4v) is 5.40. The molecule has 0 spiro atoms. The molecule has 1 amide bonds. The van der Waals surface area contributed by atoms with Crippen LogP contribution in [-0.4, -0.2) is 60.4 Å². The summed E-state index contributed by atoms with van der Waals surface area (Å²) in [4.78, 5) is 46.7. The second-order valence-corrected chi connectivity index (χ2v) is 12.9. The van der Waals surface area contributed by atoms with Crippen LogP contribution in [0.1, 0.15) is 45.1 Å². The van der Waals surface area contributed by atoms with E-state index in [2.05, 4.69) is 10.5 Å². The predicted molar refractivity (Wildman–Crippen MR) is 152 cm³/mol. The van der Waals surface area contributed by atoms with Crippen LogP contribution in [0, 0.1) is 5.82 Å². The van der Waals surface area contributed by atoms with Crippen LogP contribution in [0.2, 0.25) is 0 Å². The van der Waals surface area contributed by atoms with E-state index in [1.54, 1.807) is 24.3 Å². The molecule has 11 nitrogen and oxygen atoms in total. The number of rotatable bonds is 11.